The number of amides is 1. The lowest BCUT2D eigenvalue weighted by molar-refractivity contribution is -0.135. The third-order valence-electron chi connectivity index (χ3n) is 5.97. The Kier molecular flexibility index (Phi) is 4.38. The van der Waals surface area contributed by atoms with Crippen LogP contribution in [-0.4, -0.2) is 36.9 Å². The van der Waals surface area contributed by atoms with E-state index in [1.165, 1.54) is 10.9 Å². The number of nitrogens with zero attached hydrogens (tertiary/aromatic N) is 4. The predicted molar refractivity (Wildman–Crippen MR) is 115 cm³/mol. The molecule has 7 nitrogen and oxygen atoms in total. The van der Waals surface area contributed by atoms with Gasteiger partial charge in [-0.05, 0) is 56.5 Å². The Balaban J connectivity index is 1.47. The number of imidazole rings is 1. The molecule has 0 radical (unpaired) electrons. The van der Waals surface area contributed by atoms with Gasteiger partial charge < -0.3 is 9.88 Å². The average Bonchev–Trinajstić information content (AvgIpc) is 3.39. The van der Waals surface area contributed by atoms with E-state index < -0.39 is 6.04 Å². The van der Waals surface area contributed by atoms with Crippen molar-refractivity contribution in [2.75, 3.05) is 6.54 Å². The maximum absolute atomic E-state index is 13.4. The van der Waals surface area contributed by atoms with E-state index in [2.05, 4.69) is 16.0 Å². The van der Waals surface area contributed by atoms with Crippen molar-refractivity contribution < 1.29 is 4.79 Å². The first-order valence-corrected chi connectivity index (χ1v) is 10.3. The average molecular weight is 401 g/mol. The Hall–Kier alpha value is -3.48. The number of aromatic amines is 1. The van der Waals surface area contributed by atoms with Gasteiger partial charge in [0.15, 0.2) is 0 Å². The quantitative estimate of drug-likeness (QED) is 0.569. The van der Waals surface area contributed by atoms with Crippen molar-refractivity contribution in [2.24, 2.45) is 0 Å². The number of fused-ring (bicyclic) bond motifs is 2. The van der Waals surface area contributed by atoms with Gasteiger partial charge in [-0.25, -0.2) is 9.97 Å². The van der Waals surface area contributed by atoms with Gasteiger partial charge in [0.25, 0.3) is 5.56 Å². The van der Waals surface area contributed by atoms with Crippen LogP contribution in [0.3, 0.4) is 0 Å². The van der Waals surface area contributed by atoms with E-state index in [-0.39, 0.29) is 17.5 Å². The second kappa shape index (κ2) is 7.09. The van der Waals surface area contributed by atoms with Gasteiger partial charge in [0.2, 0.25) is 5.91 Å². The zero-order valence-corrected chi connectivity index (χ0v) is 17.0. The number of likely N-dealkylation sites (tertiary alicyclic amines) is 1. The van der Waals surface area contributed by atoms with Crippen LogP contribution in [0, 0.1) is 6.92 Å². The van der Waals surface area contributed by atoms with Gasteiger partial charge in [0, 0.05) is 6.54 Å². The van der Waals surface area contributed by atoms with Crippen LogP contribution < -0.4 is 5.56 Å². The molecule has 2 aromatic carbocycles. The molecule has 0 aliphatic carbocycles. The van der Waals surface area contributed by atoms with E-state index in [0.717, 1.165) is 35.3 Å². The Morgan fingerprint density at radius 3 is 2.90 bits per heavy atom. The first kappa shape index (κ1) is 18.5. The van der Waals surface area contributed by atoms with Crippen LogP contribution in [0.4, 0.5) is 0 Å². The maximum atomic E-state index is 13.4. The van der Waals surface area contributed by atoms with Gasteiger partial charge in [0.1, 0.15) is 11.9 Å². The molecule has 1 amide bonds. The number of nitrogens with one attached hydrogen (secondary N) is 1. The molecule has 5 rings (SSSR count). The number of para-hydroxylation sites is 1. The van der Waals surface area contributed by atoms with Crippen molar-refractivity contribution in [3.05, 3.63) is 70.5 Å². The molecule has 7 heteroatoms. The van der Waals surface area contributed by atoms with Crippen LogP contribution in [0.5, 0.6) is 0 Å². The van der Waals surface area contributed by atoms with Crippen molar-refractivity contribution in [3.8, 4) is 0 Å². The fourth-order valence-electron chi connectivity index (χ4n) is 4.33. The van der Waals surface area contributed by atoms with Crippen molar-refractivity contribution in [3.63, 3.8) is 0 Å². The summed E-state index contributed by atoms with van der Waals surface area (Å²) in [6.07, 6.45) is 3.23. The normalized spacial score (nSPS) is 17.7. The van der Waals surface area contributed by atoms with E-state index in [0.29, 0.717) is 17.4 Å². The molecule has 2 atom stereocenters. The minimum Gasteiger partial charge on any atom is -0.340 e. The smallest absolute Gasteiger partial charge is 0.261 e. The van der Waals surface area contributed by atoms with Gasteiger partial charge in [-0.3, -0.25) is 14.2 Å². The van der Waals surface area contributed by atoms with E-state index in [1.54, 1.807) is 19.1 Å². The van der Waals surface area contributed by atoms with Crippen molar-refractivity contribution >= 4 is 27.8 Å². The van der Waals surface area contributed by atoms with Crippen LogP contribution in [0.2, 0.25) is 0 Å². The number of rotatable bonds is 3. The molecule has 0 bridgehead atoms. The monoisotopic (exact) mass is 401 g/mol. The molecule has 2 unspecified atom stereocenters. The summed E-state index contributed by atoms with van der Waals surface area (Å²) in [6, 6.07) is 12.5. The molecule has 0 saturated carbocycles. The topological polar surface area (TPSA) is 83.9 Å². The van der Waals surface area contributed by atoms with Gasteiger partial charge in [-0.1, -0.05) is 18.2 Å². The first-order valence-electron chi connectivity index (χ1n) is 10.3. The van der Waals surface area contributed by atoms with Crippen molar-refractivity contribution in [2.45, 2.75) is 38.8 Å². The minimum absolute atomic E-state index is 0.0895. The molecule has 0 spiro atoms. The van der Waals surface area contributed by atoms with Crippen molar-refractivity contribution in [1.82, 2.24) is 24.4 Å². The van der Waals surface area contributed by atoms with Crippen LogP contribution in [-0.2, 0) is 4.79 Å². The molecule has 2 aromatic heterocycles. The van der Waals surface area contributed by atoms with E-state index >= 15 is 0 Å². The summed E-state index contributed by atoms with van der Waals surface area (Å²) in [4.78, 5) is 40.6. The minimum atomic E-state index is -0.637. The second-order valence-corrected chi connectivity index (χ2v) is 7.98. The first-order chi connectivity index (χ1) is 14.5. The number of carbonyl (C=O) groups is 1. The van der Waals surface area contributed by atoms with E-state index in [9.17, 15) is 9.59 Å². The van der Waals surface area contributed by atoms with Gasteiger partial charge in [-0.15, -0.1) is 0 Å². The molecular weight excluding hydrogens is 378 g/mol. The second-order valence-electron chi connectivity index (χ2n) is 7.98. The summed E-state index contributed by atoms with van der Waals surface area (Å²) in [6.45, 7) is 4.46. The maximum Gasteiger partial charge on any atom is 0.261 e. The molecular formula is C23H23N5O2. The summed E-state index contributed by atoms with van der Waals surface area (Å²) in [5, 5.41) is 0.519. The Morgan fingerprint density at radius 1 is 1.20 bits per heavy atom. The van der Waals surface area contributed by atoms with Crippen LogP contribution in [0.15, 0.2) is 53.6 Å². The van der Waals surface area contributed by atoms with Crippen molar-refractivity contribution in [1.29, 1.82) is 0 Å². The summed E-state index contributed by atoms with van der Waals surface area (Å²) in [5.41, 5.74) is 3.48. The largest absolute Gasteiger partial charge is 0.340 e. The number of aromatic nitrogens is 4. The van der Waals surface area contributed by atoms with Crippen LogP contribution in [0.1, 0.15) is 43.2 Å². The van der Waals surface area contributed by atoms with Gasteiger partial charge in [0.05, 0.1) is 34.3 Å². The fraction of sp³-hybridized carbons (Fsp3) is 0.304. The van der Waals surface area contributed by atoms with Gasteiger partial charge in [-0.2, -0.15) is 0 Å². The Morgan fingerprint density at radius 2 is 2.03 bits per heavy atom. The number of H-pyrrole nitrogens is 1. The summed E-state index contributed by atoms with van der Waals surface area (Å²) >= 11 is 0. The van der Waals surface area contributed by atoms with Gasteiger partial charge >= 0.3 is 0 Å². The molecule has 4 aromatic rings. The highest BCUT2D eigenvalue weighted by atomic mass is 16.2. The SMILES string of the molecule is Cc1ccc2nc(C3CCCN3C(=O)C(C)n3cnc4ccccc4c3=O)[nH]c2c1. The molecule has 1 aliphatic rings. The standard InChI is InChI=1S/C23H23N5O2/c1-14-9-10-18-19(12-14)26-21(25-18)20-8-5-11-27(20)22(29)15(2)28-13-24-17-7-4-3-6-16(17)23(28)30/h3-4,6-7,9-10,12-13,15,20H,5,8,11H2,1-2H3,(H,25,26). The fourth-order valence-corrected chi connectivity index (χ4v) is 4.33. The molecule has 152 valence electrons. The zero-order valence-electron chi connectivity index (χ0n) is 17.0. The highest BCUT2D eigenvalue weighted by molar-refractivity contribution is 5.82. The lowest BCUT2D eigenvalue weighted by Gasteiger charge is -2.27. The lowest BCUT2D eigenvalue weighted by Crippen LogP contribution is -2.39. The number of carbonyl (C=O) groups excluding carboxylic acids is 1. The molecule has 1 saturated heterocycles. The molecule has 1 fully saturated rings. The number of hydrogen-bond acceptors (Lipinski definition) is 4. The number of hydrogen-bond donors (Lipinski definition) is 1. The summed E-state index contributed by atoms with van der Waals surface area (Å²) < 4.78 is 1.43. The third-order valence-corrected chi connectivity index (χ3v) is 5.97. The lowest BCUT2D eigenvalue weighted by atomic mass is 10.2. The number of benzene rings is 2. The predicted octanol–water partition coefficient (Wildman–Crippen LogP) is 3.51. The summed E-state index contributed by atoms with van der Waals surface area (Å²) in [5.74, 6) is 0.714. The Labute approximate surface area is 173 Å². The van der Waals surface area contributed by atoms with Crippen LogP contribution >= 0.6 is 0 Å². The summed E-state index contributed by atoms with van der Waals surface area (Å²) in [7, 11) is 0. The third kappa shape index (κ3) is 2.98. The molecule has 1 N–H and O–H groups in total. The highest BCUT2D eigenvalue weighted by Crippen LogP contribution is 2.33. The zero-order chi connectivity index (χ0) is 20.8. The molecule has 30 heavy (non-hydrogen) atoms. The van der Waals surface area contributed by atoms with E-state index in [1.807, 2.05) is 36.1 Å². The highest BCUT2D eigenvalue weighted by Gasteiger charge is 2.35. The Bertz CT molecular complexity index is 1320. The number of aryl methyl sites for hydroxylation is 1. The van der Waals surface area contributed by atoms with E-state index in [4.69, 9.17) is 4.98 Å². The molecule has 1 aliphatic heterocycles. The molecule has 3 heterocycles. The van der Waals surface area contributed by atoms with Crippen LogP contribution in [0.25, 0.3) is 21.9 Å².